The molecule has 0 aromatic heterocycles. The molecule has 25 heavy (non-hydrogen) atoms. The molecular weight excluding hydrogens is 314 g/mol. The van der Waals surface area contributed by atoms with Crippen LogP contribution in [0.3, 0.4) is 0 Å². The number of hydrogen-bond donors (Lipinski definition) is 2. The van der Waals surface area contributed by atoms with Gasteiger partial charge in [0, 0.05) is 6.54 Å². The molecule has 1 unspecified atom stereocenters. The number of aliphatic hydroxyl groups is 1. The first-order valence-electron chi connectivity index (χ1n) is 8.23. The number of aliphatic hydroxyl groups excluding tert-OH is 1. The number of carbonyl (C=O) groups is 1. The molecule has 0 saturated carbocycles. The summed E-state index contributed by atoms with van der Waals surface area (Å²) in [5.74, 6) is 0.591. The van der Waals surface area contributed by atoms with Crippen molar-refractivity contribution in [2.24, 2.45) is 0 Å². The van der Waals surface area contributed by atoms with E-state index in [2.05, 4.69) is 5.32 Å². The molecule has 2 N–H and O–H groups in total. The molecule has 0 spiro atoms. The molecule has 4 nitrogen and oxygen atoms in total. The van der Waals surface area contributed by atoms with E-state index in [0.29, 0.717) is 0 Å². The minimum absolute atomic E-state index is 0.132. The van der Waals surface area contributed by atoms with Crippen molar-refractivity contribution in [1.29, 1.82) is 0 Å². The molecule has 128 valence electrons. The number of benzene rings is 3. The highest BCUT2D eigenvalue weighted by molar-refractivity contribution is 5.86. The topological polar surface area (TPSA) is 58.6 Å². The van der Waals surface area contributed by atoms with E-state index >= 15 is 0 Å². The van der Waals surface area contributed by atoms with Crippen LogP contribution in [0.5, 0.6) is 5.75 Å². The number of rotatable bonds is 6. The maximum absolute atomic E-state index is 12.1. The SMILES string of the molecule is COc1cccc(CC(=O)NCC(O)c2cccc3ccccc23)c1. The van der Waals surface area contributed by atoms with Gasteiger partial charge in [-0.05, 0) is 34.0 Å². The molecular formula is C21H21NO3. The van der Waals surface area contributed by atoms with Crippen LogP contribution in [0.15, 0.2) is 66.7 Å². The van der Waals surface area contributed by atoms with Crippen molar-refractivity contribution >= 4 is 16.7 Å². The summed E-state index contributed by atoms with van der Waals surface area (Å²) in [6.45, 7) is 0.177. The van der Waals surface area contributed by atoms with Crippen molar-refractivity contribution < 1.29 is 14.6 Å². The van der Waals surface area contributed by atoms with Crippen molar-refractivity contribution in [3.05, 3.63) is 77.9 Å². The van der Waals surface area contributed by atoms with Crippen LogP contribution in [0.1, 0.15) is 17.2 Å². The van der Waals surface area contributed by atoms with E-state index < -0.39 is 6.10 Å². The second kappa shape index (κ2) is 7.81. The van der Waals surface area contributed by atoms with E-state index in [4.69, 9.17) is 4.74 Å². The van der Waals surface area contributed by atoms with Crippen LogP contribution in [-0.4, -0.2) is 24.7 Å². The van der Waals surface area contributed by atoms with Gasteiger partial charge in [0.25, 0.3) is 0 Å². The minimum Gasteiger partial charge on any atom is -0.497 e. The van der Waals surface area contributed by atoms with Gasteiger partial charge in [0.2, 0.25) is 5.91 Å². The first kappa shape index (κ1) is 17.0. The summed E-state index contributed by atoms with van der Waals surface area (Å²) in [5.41, 5.74) is 1.69. The lowest BCUT2D eigenvalue weighted by molar-refractivity contribution is -0.120. The molecule has 0 radical (unpaired) electrons. The molecule has 1 atom stereocenters. The fraction of sp³-hybridized carbons (Fsp3) is 0.190. The lowest BCUT2D eigenvalue weighted by Crippen LogP contribution is -2.29. The van der Waals surface area contributed by atoms with Crippen LogP contribution < -0.4 is 10.1 Å². The number of ether oxygens (including phenoxy) is 1. The highest BCUT2D eigenvalue weighted by Gasteiger charge is 2.12. The Morgan fingerprint density at radius 1 is 1.08 bits per heavy atom. The van der Waals surface area contributed by atoms with Gasteiger partial charge in [-0.3, -0.25) is 4.79 Å². The molecule has 0 bridgehead atoms. The molecule has 3 rings (SSSR count). The summed E-state index contributed by atoms with van der Waals surface area (Å²) in [6.07, 6.45) is -0.500. The Balaban J connectivity index is 1.63. The predicted molar refractivity (Wildman–Crippen MR) is 98.6 cm³/mol. The third-order valence-corrected chi connectivity index (χ3v) is 4.17. The van der Waals surface area contributed by atoms with E-state index in [1.165, 1.54) is 0 Å². The summed E-state index contributed by atoms with van der Waals surface area (Å²) in [6, 6.07) is 21.1. The van der Waals surface area contributed by atoms with Crippen LogP contribution in [0.4, 0.5) is 0 Å². The number of carbonyl (C=O) groups excluding carboxylic acids is 1. The fourth-order valence-electron chi connectivity index (χ4n) is 2.89. The normalized spacial score (nSPS) is 11.9. The monoisotopic (exact) mass is 335 g/mol. The molecule has 4 heteroatoms. The first-order chi connectivity index (χ1) is 12.2. The maximum atomic E-state index is 12.1. The van der Waals surface area contributed by atoms with E-state index in [1.807, 2.05) is 66.7 Å². The van der Waals surface area contributed by atoms with Gasteiger partial charge in [-0.1, -0.05) is 54.6 Å². The molecule has 0 fully saturated rings. The summed E-state index contributed by atoms with van der Waals surface area (Å²) in [5, 5.41) is 15.4. The van der Waals surface area contributed by atoms with Gasteiger partial charge in [-0.15, -0.1) is 0 Å². The quantitative estimate of drug-likeness (QED) is 0.727. The Morgan fingerprint density at radius 2 is 1.84 bits per heavy atom. The average Bonchev–Trinajstić information content (AvgIpc) is 2.65. The van der Waals surface area contributed by atoms with Crippen molar-refractivity contribution in [2.45, 2.75) is 12.5 Å². The van der Waals surface area contributed by atoms with Crippen molar-refractivity contribution in [1.82, 2.24) is 5.32 Å². The third kappa shape index (κ3) is 4.17. The Hall–Kier alpha value is -2.85. The molecule has 3 aromatic carbocycles. The van der Waals surface area contributed by atoms with Crippen LogP contribution in [0.2, 0.25) is 0 Å². The van der Waals surface area contributed by atoms with Gasteiger partial charge in [-0.25, -0.2) is 0 Å². The van der Waals surface area contributed by atoms with E-state index in [0.717, 1.165) is 27.6 Å². The van der Waals surface area contributed by atoms with E-state index in [-0.39, 0.29) is 18.9 Å². The summed E-state index contributed by atoms with van der Waals surface area (Å²) in [4.78, 5) is 12.1. The number of methoxy groups -OCH3 is 1. The summed E-state index contributed by atoms with van der Waals surface area (Å²) in [7, 11) is 1.60. The van der Waals surface area contributed by atoms with Crippen LogP contribution in [0, 0.1) is 0 Å². The second-order valence-corrected chi connectivity index (χ2v) is 5.92. The maximum Gasteiger partial charge on any atom is 0.224 e. The Kier molecular flexibility index (Phi) is 5.31. The molecule has 0 aliphatic heterocycles. The smallest absolute Gasteiger partial charge is 0.224 e. The van der Waals surface area contributed by atoms with Crippen molar-refractivity contribution in [3.63, 3.8) is 0 Å². The van der Waals surface area contributed by atoms with Crippen LogP contribution >= 0.6 is 0 Å². The zero-order valence-electron chi connectivity index (χ0n) is 14.1. The number of nitrogens with one attached hydrogen (secondary N) is 1. The third-order valence-electron chi connectivity index (χ3n) is 4.17. The average molecular weight is 335 g/mol. The van der Waals surface area contributed by atoms with Crippen LogP contribution in [0.25, 0.3) is 10.8 Å². The lowest BCUT2D eigenvalue weighted by atomic mass is 10.0. The Bertz CT molecular complexity index is 870. The second-order valence-electron chi connectivity index (χ2n) is 5.92. The summed E-state index contributed by atoms with van der Waals surface area (Å²) >= 11 is 0. The Morgan fingerprint density at radius 3 is 2.68 bits per heavy atom. The molecule has 0 aliphatic carbocycles. The zero-order valence-corrected chi connectivity index (χ0v) is 14.1. The predicted octanol–water partition coefficient (Wildman–Crippen LogP) is 3.24. The van der Waals surface area contributed by atoms with E-state index in [9.17, 15) is 9.90 Å². The Labute approximate surface area is 147 Å². The molecule has 3 aromatic rings. The number of hydrogen-bond acceptors (Lipinski definition) is 3. The van der Waals surface area contributed by atoms with Gasteiger partial charge < -0.3 is 15.2 Å². The molecule has 0 heterocycles. The van der Waals surface area contributed by atoms with Gasteiger partial charge in [0.15, 0.2) is 0 Å². The van der Waals surface area contributed by atoms with Crippen LogP contribution in [-0.2, 0) is 11.2 Å². The number of fused-ring (bicyclic) bond motifs is 1. The number of amides is 1. The molecule has 0 saturated heterocycles. The standard InChI is InChI=1S/C21H21NO3/c1-25-17-9-4-6-15(12-17)13-21(24)22-14-20(23)19-11-5-8-16-7-2-3-10-18(16)19/h2-12,20,23H,13-14H2,1H3,(H,22,24). The highest BCUT2D eigenvalue weighted by atomic mass is 16.5. The lowest BCUT2D eigenvalue weighted by Gasteiger charge is -2.15. The van der Waals surface area contributed by atoms with Gasteiger partial charge >= 0.3 is 0 Å². The van der Waals surface area contributed by atoms with Gasteiger partial charge in [-0.2, -0.15) is 0 Å². The molecule has 0 aliphatic rings. The highest BCUT2D eigenvalue weighted by Crippen LogP contribution is 2.23. The fourth-order valence-corrected chi connectivity index (χ4v) is 2.89. The van der Waals surface area contributed by atoms with E-state index in [1.54, 1.807) is 7.11 Å². The molecule has 1 amide bonds. The summed E-state index contributed by atoms with van der Waals surface area (Å²) < 4.78 is 5.16. The van der Waals surface area contributed by atoms with Gasteiger partial charge in [0.1, 0.15) is 5.75 Å². The van der Waals surface area contributed by atoms with Crippen molar-refractivity contribution in [2.75, 3.05) is 13.7 Å². The first-order valence-corrected chi connectivity index (χ1v) is 8.23. The van der Waals surface area contributed by atoms with Crippen molar-refractivity contribution in [3.8, 4) is 5.75 Å². The zero-order chi connectivity index (χ0) is 17.6. The largest absolute Gasteiger partial charge is 0.497 e. The van der Waals surface area contributed by atoms with Gasteiger partial charge in [0.05, 0.1) is 19.6 Å². The minimum atomic E-state index is -0.750.